The molecule has 1 aromatic rings. The summed E-state index contributed by atoms with van der Waals surface area (Å²) in [7, 11) is -1.32. The quantitative estimate of drug-likeness (QED) is 0.779. The molecule has 2 atom stereocenters. The van der Waals surface area contributed by atoms with E-state index in [1.807, 2.05) is 25.1 Å². The normalized spacial score (nSPS) is 16.7. The van der Waals surface area contributed by atoms with Crippen LogP contribution < -0.4 is 0 Å². The first-order valence-corrected chi connectivity index (χ1v) is 8.07. The van der Waals surface area contributed by atoms with Gasteiger partial charge in [0, 0.05) is 4.90 Å². The van der Waals surface area contributed by atoms with Crippen LogP contribution in [-0.4, -0.2) is 22.0 Å². The van der Waals surface area contributed by atoms with E-state index in [2.05, 4.69) is 0 Å². The molecule has 0 aliphatic heterocycles. The Hall–Kier alpha value is -1.16. The van der Waals surface area contributed by atoms with Crippen molar-refractivity contribution in [1.82, 2.24) is 0 Å². The zero-order chi connectivity index (χ0) is 13.8. The topological polar surface area (TPSA) is 43.4 Å². The Morgan fingerprint density at radius 3 is 2.74 bits per heavy atom. The average Bonchev–Trinajstić information content (AvgIpc) is 2.86. The number of carbonyl (C=O) groups is 1. The molecule has 0 bridgehead atoms. The minimum atomic E-state index is -1.32. The highest BCUT2D eigenvalue weighted by Crippen LogP contribution is 2.25. The van der Waals surface area contributed by atoms with Gasteiger partial charge < -0.3 is 4.74 Å². The van der Waals surface area contributed by atoms with Crippen molar-refractivity contribution in [2.75, 3.05) is 6.61 Å². The van der Waals surface area contributed by atoms with E-state index in [0.29, 0.717) is 13.0 Å². The first-order chi connectivity index (χ1) is 9.17. The molecule has 2 unspecified atom stereocenters. The molecule has 104 valence electrons. The number of ether oxygens (including phenoxy) is 1. The second-order valence-corrected chi connectivity index (χ2v) is 6.37. The molecular formula is C15H20O3S. The first-order valence-electron chi connectivity index (χ1n) is 6.86. The fourth-order valence-electron chi connectivity index (χ4n) is 2.48. The van der Waals surface area contributed by atoms with Crippen molar-refractivity contribution in [3.05, 3.63) is 29.3 Å². The van der Waals surface area contributed by atoms with Gasteiger partial charge in [0.05, 0.1) is 17.4 Å². The Bertz CT molecular complexity index is 496. The minimum Gasteiger partial charge on any atom is -0.465 e. The van der Waals surface area contributed by atoms with Crippen molar-refractivity contribution in [3.8, 4) is 0 Å². The molecule has 0 saturated heterocycles. The summed E-state index contributed by atoms with van der Waals surface area (Å²) in [4.78, 5) is 12.6. The Kier molecular flexibility index (Phi) is 4.75. The van der Waals surface area contributed by atoms with Gasteiger partial charge in [-0.15, -0.1) is 0 Å². The van der Waals surface area contributed by atoms with Crippen molar-refractivity contribution in [1.29, 1.82) is 0 Å². The van der Waals surface area contributed by atoms with Crippen molar-refractivity contribution < 1.29 is 13.7 Å². The molecule has 4 heteroatoms. The van der Waals surface area contributed by atoms with Gasteiger partial charge in [0.1, 0.15) is 5.25 Å². The zero-order valence-electron chi connectivity index (χ0n) is 11.5. The second kappa shape index (κ2) is 6.33. The van der Waals surface area contributed by atoms with Crippen LogP contribution >= 0.6 is 0 Å². The Morgan fingerprint density at radius 2 is 2.05 bits per heavy atom. The molecule has 0 saturated carbocycles. The van der Waals surface area contributed by atoms with Crippen molar-refractivity contribution in [2.24, 2.45) is 0 Å². The summed E-state index contributed by atoms with van der Waals surface area (Å²) in [5, 5.41) is -0.556. The lowest BCUT2D eigenvalue weighted by atomic mass is 10.1. The molecule has 1 aliphatic rings. The summed E-state index contributed by atoms with van der Waals surface area (Å²) in [5.41, 5.74) is 2.63. The molecule has 0 amide bonds. The van der Waals surface area contributed by atoms with E-state index in [0.717, 1.165) is 17.7 Å². The van der Waals surface area contributed by atoms with E-state index in [-0.39, 0.29) is 5.97 Å². The second-order valence-electron chi connectivity index (χ2n) is 4.73. The lowest BCUT2D eigenvalue weighted by Gasteiger charge is -2.14. The number of hydrogen-bond donors (Lipinski definition) is 0. The van der Waals surface area contributed by atoms with E-state index in [9.17, 15) is 9.00 Å². The van der Waals surface area contributed by atoms with Gasteiger partial charge in [-0.05, 0) is 55.9 Å². The van der Waals surface area contributed by atoms with E-state index >= 15 is 0 Å². The van der Waals surface area contributed by atoms with Crippen LogP contribution in [0.25, 0.3) is 0 Å². The number of fused-ring (bicyclic) bond motifs is 1. The molecule has 1 aromatic carbocycles. The fourth-order valence-corrected chi connectivity index (χ4v) is 3.81. The van der Waals surface area contributed by atoms with Crippen LogP contribution in [0.1, 0.15) is 37.8 Å². The van der Waals surface area contributed by atoms with Gasteiger partial charge in [-0.2, -0.15) is 0 Å². The smallest absolute Gasteiger partial charge is 0.322 e. The molecule has 0 aromatic heterocycles. The monoisotopic (exact) mass is 280 g/mol. The summed E-state index contributed by atoms with van der Waals surface area (Å²) in [5.74, 6) is -0.358. The van der Waals surface area contributed by atoms with Crippen molar-refractivity contribution in [3.63, 3.8) is 0 Å². The largest absolute Gasteiger partial charge is 0.465 e. The third-order valence-electron chi connectivity index (χ3n) is 3.48. The van der Waals surface area contributed by atoms with Gasteiger partial charge >= 0.3 is 5.97 Å². The molecule has 1 aliphatic carbocycles. The number of carbonyl (C=O) groups excluding carboxylic acids is 1. The van der Waals surface area contributed by atoms with E-state index in [1.54, 1.807) is 6.92 Å². The summed E-state index contributed by atoms with van der Waals surface area (Å²) in [6, 6.07) is 5.94. The molecule has 2 rings (SSSR count). The number of benzene rings is 1. The predicted molar refractivity (Wildman–Crippen MR) is 75.6 cm³/mol. The van der Waals surface area contributed by atoms with Gasteiger partial charge in [0.2, 0.25) is 0 Å². The maximum absolute atomic E-state index is 12.5. The van der Waals surface area contributed by atoms with Crippen LogP contribution in [0.3, 0.4) is 0 Å². The van der Waals surface area contributed by atoms with Crippen LogP contribution in [0, 0.1) is 0 Å². The maximum Gasteiger partial charge on any atom is 0.322 e. The lowest BCUT2D eigenvalue weighted by Crippen LogP contribution is -2.27. The predicted octanol–water partition coefficient (Wildman–Crippen LogP) is 2.62. The summed E-state index contributed by atoms with van der Waals surface area (Å²) in [6.07, 6.45) is 3.86. The summed E-state index contributed by atoms with van der Waals surface area (Å²) < 4.78 is 17.5. The SMILES string of the molecule is CCOC(=O)C(CC)S(=O)c1ccc2c(c1)CCC2. The highest BCUT2D eigenvalue weighted by atomic mass is 32.2. The first kappa shape index (κ1) is 14.3. The van der Waals surface area contributed by atoms with E-state index < -0.39 is 16.0 Å². The summed E-state index contributed by atoms with van der Waals surface area (Å²) in [6.45, 7) is 3.96. The molecule has 0 N–H and O–H groups in total. The molecular weight excluding hydrogens is 260 g/mol. The molecule has 0 spiro atoms. The third-order valence-corrected chi connectivity index (χ3v) is 5.24. The Balaban J connectivity index is 2.20. The molecule has 0 heterocycles. The van der Waals surface area contributed by atoms with Crippen molar-refractivity contribution >= 4 is 16.8 Å². The van der Waals surface area contributed by atoms with Gasteiger partial charge in [-0.1, -0.05) is 13.0 Å². The molecule has 0 fully saturated rings. The molecule has 3 nitrogen and oxygen atoms in total. The van der Waals surface area contributed by atoms with Crippen LogP contribution in [0.2, 0.25) is 0 Å². The van der Waals surface area contributed by atoms with Gasteiger partial charge in [0.15, 0.2) is 0 Å². The van der Waals surface area contributed by atoms with E-state index in [4.69, 9.17) is 4.74 Å². The molecule has 19 heavy (non-hydrogen) atoms. The van der Waals surface area contributed by atoms with Gasteiger partial charge in [-0.3, -0.25) is 9.00 Å². The summed E-state index contributed by atoms with van der Waals surface area (Å²) >= 11 is 0. The highest BCUT2D eigenvalue weighted by molar-refractivity contribution is 7.86. The molecule has 0 radical (unpaired) electrons. The number of hydrogen-bond acceptors (Lipinski definition) is 3. The van der Waals surface area contributed by atoms with Gasteiger partial charge in [0.25, 0.3) is 0 Å². The van der Waals surface area contributed by atoms with Gasteiger partial charge in [-0.25, -0.2) is 0 Å². The number of esters is 1. The number of rotatable bonds is 5. The Morgan fingerprint density at radius 1 is 1.32 bits per heavy atom. The number of aryl methyl sites for hydroxylation is 2. The Labute approximate surface area is 116 Å². The van der Waals surface area contributed by atoms with E-state index in [1.165, 1.54) is 17.5 Å². The lowest BCUT2D eigenvalue weighted by molar-refractivity contribution is -0.142. The van der Waals surface area contributed by atoms with Crippen LogP contribution in [0.5, 0.6) is 0 Å². The highest BCUT2D eigenvalue weighted by Gasteiger charge is 2.26. The van der Waals surface area contributed by atoms with Crippen LogP contribution in [-0.2, 0) is 33.2 Å². The standard InChI is InChI=1S/C15H20O3S/c1-3-14(15(16)18-4-2)19(17)13-9-8-11-6-5-7-12(11)10-13/h8-10,14H,3-7H2,1-2H3. The van der Waals surface area contributed by atoms with Crippen molar-refractivity contribution in [2.45, 2.75) is 49.7 Å². The minimum absolute atomic E-state index is 0.330. The van der Waals surface area contributed by atoms with Crippen LogP contribution in [0.15, 0.2) is 23.1 Å². The maximum atomic E-state index is 12.5. The van der Waals surface area contributed by atoms with Crippen LogP contribution in [0.4, 0.5) is 0 Å². The fraction of sp³-hybridized carbons (Fsp3) is 0.533. The zero-order valence-corrected chi connectivity index (χ0v) is 12.3. The third kappa shape index (κ3) is 3.06. The average molecular weight is 280 g/mol.